The molecule has 2 aliphatic rings. The Morgan fingerprint density at radius 1 is 0.610 bits per heavy atom. The topological polar surface area (TPSA) is 4.93 Å². The average molecular weight is 546 g/mol. The van der Waals surface area contributed by atoms with Gasteiger partial charge in [0.25, 0.3) is 0 Å². The van der Waals surface area contributed by atoms with E-state index in [4.69, 9.17) is 0 Å². The van der Waals surface area contributed by atoms with E-state index in [1.165, 1.54) is 95.1 Å². The minimum Gasteiger partial charge on any atom is -0.313 e. The molecular weight excluding hydrogens is 515 g/mol. The van der Waals surface area contributed by atoms with Crippen molar-refractivity contribution in [3.8, 4) is 27.9 Å². The van der Waals surface area contributed by atoms with Crippen molar-refractivity contribution >= 4 is 42.4 Å². The Morgan fingerprint density at radius 3 is 2.34 bits per heavy atom. The molecule has 1 nitrogen and oxygen atoms in total. The third kappa shape index (κ3) is 3.29. The normalized spacial score (nSPS) is 15.4. The van der Waals surface area contributed by atoms with E-state index in [9.17, 15) is 0 Å². The zero-order chi connectivity index (χ0) is 27.3. The number of hydrogen-bond donors (Lipinski definition) is 0. The Kier molecular flexibility index (Phi) is 4.85. The molecule has 0 bridgehead atoms. The molecule has 0 aliphatic heterocycles. The monoisotopic (exact) mass is 545 g/mol. The van der Waals surface area contributed by atoms with E-state index in [0.717, 1.165) is 6.42 Å². The number of hydrogen-bond acceptors (Lipinski definition) is 1. The van der Waals surface area contributed by atoms with E-state index in [1.54, 1.807) is 5.56 Å². The minimum atomic E-state index is -0.000299. The first-order chi connectivity index (χ1) is 20.1. The van der Waals surface area contributed by atoms with Crippen LogP contribution in [0.25, 0.3) is 59.0 Å². The summed E-state index contributed by atoms with van der Waals surface area (Å²) in [6.45, 7) is 4.79. The molecule has 9 rings (SSSR count). The van der Waals surface area contributed by atoms with Crippen molar-refractivity contribution in [2.24, 2.45) is 0 Å². The Hall–Kier alpha value is -4.14. The predicted molar refractivity (Wildman–Crippen MR) is 176 cm³/mol. The number of rotatable bonds is 2. The van der Waals surface area contributed by atoms with Gasteiger partial charge < -0.3 is 4.57 Å². The van der Waals surface area contributed by atoms with Gasteiger partial charge in [0.05, 0.1) is 5.52 Å². The highest BCUT2D eigenvalue weighted by molar-refractivity contribution is 7.25. The highest BCUT2D eigenvalue weighted by Gasteiger charge is 2.36. The Morgan fingerprint density at radius 2 is 1.44 bits per heavy atom. The van der Waals surface area contributed by atoms with Crippen molar-refractivity contribution in [1.82, 2.24) is 4.57 Å². The fraction of sp³-hybridized carbons (Fsp3) is 0.179. The van der Waals surface area contributed by atoms with Gasteiger partial charge >= 0.3 is 0 Å². The van der Waals surface area contributed by atoms with Crippen LogP contribution in [0.4, 0.5) is 0 Å². The standard InChI is InChI=1S/C39H31NS/c1-39(2)33-14-8-6-12-27(33)30-22-31-28-13-7-9-15-35(28)40(36(31)23-34(30)39)26-17-19-37-32(21-26)29-18-16-25(20-38(29)41-37)24-10-4-3-5-11-24/h3-6,8,10-12,14,16-23H,7,9,13,15H2,1-2H3. The van der Waals surface area contributed by atoms with Crippen molar-refractivity contribution in [1.29, 1.82) is 0 Å². The SMILES string of the molecule is CC1(C)c2ccccc2-c2cc3c4c(n(-c5ccc6sc7cc(-c8ccccc8)ccc7c6c5)c3cc21)CCCC4. The van der Waals surface area contributed by atoms with E-state index in [-0.39, 0.29) is 5.41 Å². The van der Waals surface area contributed by atoms with Gasteiger partial charge in [-0.05, 0) is 101 Å². The van der Waals surface area contributed by atoms with Gasteiger partial charge in [0.15, 0.2) is 0 Å². The van der Waals surface area contributed by atoms with Crippen LogP contribution in [-0.2, 0) is 18.3 Å². The highest BCUT2D eigenvalue weighted by atomic mass is 32.1. The Balaban J connectivity index is 1.27. The van der Waals surface area contributed by atoms with Crippen LogP contribution in [-0.4, -0.2) is 4.57 Å². The molecule has 0 N–H and O–H groups in total. The van der Waals surface area contributed by atoms with E-state index >= 15 is 0 Å². The predicted octanol–water partition coefficient (Wildman–Crippen LogP) is 10.9. The van der Waals surface area contributed by atoms with Gasteiger partial charge in [-0.1, -0.05) is 80.6 Å². The van der Waals surface area contributed by atoms with Gasteiger partial charge in [-0.15, -0.1) is 11.3 Å². The van der Waals surface area contributed by atoms with Crippen LogP contribution in [0.2, 0.25) is 0 Å². The molecule has 0 unspecified atom stereocenters. The van der Waals surface area contributed by atoms with Crippen LogP contribution < -0.4 is 0 Å². The summed E-state index contributed by atoms with van der Waals surface area (Å²) in [5.74, 6) is 0. The van der Waals surface area contributed by atoms with Gasteiger partial charge in [0.2, 0.25) is 0 Å². The number of nitrogens with zero attached hydrogens (tertiary/aromatic N) is 1. The van der Waals surface area contributed by atoms with Crippen molar-refractivity contribution in [3.05, 3.63) is 126 Å². The molecule has 2 heteroatoms. The summed E-state index contributed by atoms with van der Waals surface area (Å²) < 4.78 is 5.33. The third-order valence-electron chi connectivity index (χ3n) is 9.79. The molecule has 2 aliphatic carbocycles. The van der Waals surface area contributed by atoms with Crippen LogP contribution >= 0.6 is 11.3 Å². The fourth-order valence-corrected chi connectivity index (χ4v) is 8.87. The van der Waals surface area contributed by atoms with Gasteiger partial charge in [-0.25, -0.2) is 0 Å². The molecular formula is C39H31NS. The van der Waals surface area contributed by atoms with Crippen molar-refractivity contribution in [3.63, 3.8) is 0 Å². The molecule has 0 fully saturated rings. The zero-order valence-corrected chi connectivity index (χ0v) is 24.3. The zero-order valence-electron chi connectivity index (χ0n) is 23.5. The third-order valence-corrected chi connectivity index (χ3v) is 10.9. The molecule has 0 atom stereocenters. The molecule has 2 heterocycles. The van der Waals surface area contributed by atoms with Gasteiger partial charge in [-0.2, -0.15) is 0 Å². The summed E-state index contributed by atoms with van der Waals surface area (Å²) in [6.07, 6.45) is 4.87. The van der Waals surface area contributed by atoms with E-state index in [0.29, 0.717) is 0 Å². The molecule has 41 heavy (non-hydrogen) atoms. The molecule has 0 spiro atoms. The van der Waals surface area contributed by atoms with Gasteiger partial charge in [-0.3, -0.25) is 0 Å². The Labute approximate surface area is 244 Å². The molecule has 0 amide bonds. The summed E-state index contributed by atoms with van der Waals surface area (Å²) in [4.78, 5) is 0. The lowest BCUT2D eigenvalue weighted by molar-refractivity contribution is 0.660. The number of benzene rings is 5. The second-order valence-electron chi connectivity index (χ2n) is 12.4. The lowest BCUT2D eigenvalue weighted by Gasteiger charge is -2.22. The van der Waals surface area contributed by atoms with Crippen LogP contribution in [0.3, 0.4) is 0 Å². The molecule has 2 aromatic heterocycles. The maximum Gasteiger partial charge on any atom is 0.0537 e. The lowest BCUT2D eigenvalue weighted by Crippen LogP contribution is -2.15. The van der Waals surface area contributed by atoms with Crippen molar-refractivity contribution in [2.75, 3.05) is 0 Å². The number of aromatic nitrogens is 1. The first-order valence-electron chi connectivity index (χ1n) is 14.9. The average Bonchev–Trinajstić information content (AvgIpc) is 3.62. The molecule has 5 aromatic carbocycles. The largest absolute Gasteiger partial charge is 0.313 e. The number of fused-ring (bicyclic) bond motifs is 9. The fourth-order valence-electron chi connectivity index (χ4n) is 7.74. The maximum absolute atomic E-state index is 2.62. The Bertz CT molecular complexity index is 2170. The lowest BCUT2D eigenvalue weighted by atomic mass is 9.82. The van der Waals surface area contributed by atoms with Crippen LogP contribution in [0, 0.1) is 0 Å². The van der Waals surface area contributed by atoms with Crippen molar-refractivity contribution < 1.29 is 0 Å². The summed E-state index contributed by atoms with van der Waals surface area (Å²) in [7, 11) is 0. The second-order valence-corrected chi connectivity index (χ2v) is 13.5. The molecule has 198 valence electrons. The molecule has 0 saturated carbocycles. The van der Waals surface area contributed by atoms with E-state index < -0.39 is 0 Å². The minimum absolute atomic E-state index is 0.000299. The molecule has 7 aromatic rings. The van der Waals surface area contributed by atoms with Crippen molar-refractivity contribution in [2.45, 2.75) is 44.9 Å². The van der Waals surface area contributed by atoms with Crippen LogP contribution in [0.1, 0.15) is 49.1 Å². The second kappa shape index (κ2) is 8.44. The van der Waals surface area contributed by atoms with Crippen LogP contribution in [0.5, 0.6) is 0 Å². The van der Waals surface area contributed by atoms with Crippen LogP contribution in [0.15, 0.2) is 103 Å². The summed E-state index contributed by atoms with van der Waals surface area (Å²) in [5, 5.41) is 4.17. The summed E-state index contributed by atoms with van der Waals surface area (Å²) >= 11 is 1.91. The first kappa shape index (κ1) is 23.6. The first-order valence-corrected chi connectivity index (χ1v) is 15.7. The summed E-state index contributed by atoms with van der Waals surface area (Å²) in [6, 6.07) is 39.0. The maximum atomic E-state index is 2.62. The number of thiophene rings is 1. The van der Waals surface area contributed by atoms with Gasteiger partial charge in [0.1, 0.15) is 0 Å². The highest BCUT2D eigenvalue weighted by Crippen LogP contribution is 2.51. The molecule has 0 saturated heterocycles. The summed E-state index contributed by atoms with van der Waals surface area (Å²) in [5.41, 5.74) is 14.1. The molecule has 0 radical (unpaired) electrons. The quantitative estimate of drug-likeness (QED) is 0.204. The number of aryl methyl sites for hydroxylation is 1. The smallest absolute Gasteiger partial charge is 0.0537 e. The van der Waals surface area contributed by atoms with E-state index in [2.05, 4.69) is 122 Å². The van der Waals surface area contributed by atoms with Gasteiger partial charge in [0, 0.05) is 42.4 Å². The van der Waals surface area contributed by atoms with E-state index in [1.807, 2.05) is 11.3 Å².